The largest absolute Gasteiger partial charge is 0.454 e. The molecule has 1 fully saturated rings. The number of aryl methyl sites for hydroxylation is 2. The number of hydrogen-bond donors (Lipinski definition) is 3. The number of aliphatic hydroxyl groups excluding tert-OH is 1. The summed E-state index contributed by atoms with van der Waals surface area (Å²) in [7, 11) is 0. The predicted octanol–water partition coefficient (Wildman–Crippen LogP) is 4.21. The highest BCUT2D eigenvalue weighted by atomic mass is 35.5. The molecule has 3 heterocycles. The van der Waals surface area contributed by atoms with Crippen molar-refractivity contribution in [2.24, 2.45) is 11.8 Å². The van der Waals surface area contributed by atoms with E-state index in [1.807, 2.05) is 19.1 Å². The van der Waals surface area contributed by atoms with Gasteiger partial charge in [0.1, 0.15) is 16.7 Å². The van der Waals surface area contributed by atoms with E-state index in [2.05, 4.69) is 34.1 Å². The summed E-state index contributed by atoms with van der Waals surface area (Å²) in [5.41, 5.74) is 9.04. The molecule has 29 heavy (non-hydrogen) atoms. The lowest BCUT2D eigenvalue weighted by molar-refractivity contribution is 0.226. The number of hydrogen-bond acceptors (Lipinski definition) is 7. The van der Waals surface area contributed by atoms with Crippen LogP contribution in [0.15, 0.2) is 16.5 Å². The third kappa shape index (κ3) is 3.76. The summed E-state index contributed by atoms with van der Waals surface area (Å²) in [6, 6.07) is 4.14. The molecule has 0 radical (unpaired) electrons. The fraction of sp³-hybridized carbons (Fsp3) is 0.476. The zero-order valence-corrected chi connectivity index (χ0v) is 17.6. The molecule has 0 unspecified atom stereocenters. The molecule has 3 aromatic rings. The van der Waals surface area contributed by atoms with Crippen LogP contribution in [0.4, 0.5) is 11.8 Å². The summed E-state index contributed by atoms with van der Waals surface area (Å²) in [5.74, 6) is 1.92. The molecule has 4 N–H and O–H groups in total. The number of nitrogen functional groups attached to an aromatic ring is 1. The van der Waals surface area contributed by atoms with Crippen LogP contribution < -0.4 is 11.1 Å². The van der Waals surface area contributed by atoms with Crippen LogP contribution in [0.3, 0.4) is 0 Å². The van der Waals surface area contributed by atoms with Gasteiger partial charge in [-0.3, -0.25) is 4.98 Å². The number of pyridine rings is 1. The van der Waals surface area contributed by atoms with Crippen molar-refractivity contribution < 1.29 is 9.52 Å². The number of halogens is 1. The number of anilines is 2. The van der Waals surface area contributed by atoms with Crippen molar-refractivity contribution >= 4 is 34.3 Å². The van der Waals surface area contributed by atoms with E-state index >= 15 is 0 Å². The second kappa shape index (κ2) is 7.80. The van der Waals surface area contributed by atoms with Gasteiger partial charge in [0.2, 0.25) is 5.95 Å². The van der Waals surface area contributed by atoms with Gasteiger partial charge >= 0.3 is 0 Å². The molecule has 3 atom stereocenters. The van der Waals surface area contributed by atoms with Gasteiger partial charge in [0.15, 0.2) is 5.58 Å². The molecule has 0 amide bonds. The summed E-state index contributed by atoms with van der Waals surface area (Å²) in [6.45, 7) is 6.37. The second-order valence-corrected chi connectivity index (χ2v) is 8.28. The molecule has 0 bridgehead atoms. The fourth-order valence-electron chi connectivity index (χ4n) is 4.25. The van der Waals surface area contributed by atoms with E-state index in [4.69, 9.17) is 21.8 Å². The van der Waals surface area contributed by atoms with E-state index in [1.165, 1.54) is 0 Å². The number of nitrogens with zero attached hydrogens (tertiary/aromatic N) is 3. The molecule has 1 aliphatic carbocycles. The van der Waals surface area contributed by atoms with Gasteiger partial charge in [-0.1, -0.05) is 25.4 Å². The minimum atomic E-state index is 0.104. The van der Waals surface area contributed by atoms with Crippen LogP contribution in [0.2, 0.25) is 5.15 Å². The van der Waals surface area contributed by atoms with Crippen molar-refractivity contribution in [3.05, 3.63) is 28.7 Å². The lowest BCUT2D eigenvalue weighted by Crippen LogP contribution is -2.23. The van der Waals surface area contributed by atoms with Gasteiger partial charge < -0.3 is 20.6 Å². The Labute approximate surface area is 174 Å². The maximum atomic E-state index is 9.52. The van der Waals surface area contributed by atoms with Gasteiger partial charge in [-0.2, -0.15) is 4.98 Å². The highest BCUT2D eigenvalue weighted by Crippen LogP contribution is 2.40. The van der Waals surface area contributed by atoms with Gasteiger partial charge in [0, 0.05) is 23.7 Å². The molecule has 0 spiro atoms. The monoisotopic (exact) mass is 415 g/mol. The molecule has 154 valence electrons. The number of fused-ring (bicyclic) bond motifs is 1. The molecule has 1 aliphatic rings. The lowest BCUT2D eigenvalue weighted by Gasteiger charge is -2.20. The Morgan fingerprint density at radius 1 is 1.28 bits per heavy atom. The summed E-state index contributed by atoms with van der Waals surface area (Å²) < 4.78 is 6.13. The summed E-state index contributed by atoms with van der Waals surface area (Å²) in [6.07, 6.45) is 2.68. The maximum absolute atomic E-state index is 9.52. The van der Waals surface area contributed by atoms with Crippen molar-refractivity contribution in [3.63, 3.8) is 0 Å². The molecule has 1 saturated carbocycles. The minimum absolute atomic E-state index is 0.104. The van der Waals surface area contributed by atoms with Crippen LogP contribution in [0.5, 0.6) is 0 Å². The van der Waals surface area contributed by atoms with Crippen molar-refractivity contribution in [2.75, 3.05) is 17.7 Å². The predicted molar refractivity (Wildman–Crippen MR) is 115 cm³/mol. The third-order valence-corrected chi connectivity index (χ3v) is 6.05. The van der Waals surface area contributed by atoms with Crippen LogP contribution in [-0.4, -0.2) is 32.7 Å². The maximum Gasteiger partial charge on any atom is 0.223 e. The minimum Gasteiger partial charge on any atom is -0.454 e. The number of aromatic nitrogens is 3. The molecule has 3 aromatic heterocycles. The van der Waals surface area contributed by atoms with E-state index in [9.17, 15) is 5.11 Å². The van der Waals surface area contributed by atoms with Crippen LogP contribution in [0.25, 0.3) is 22.3 Å². The lowest BCUT2D eigenvalue weighted by atomic mass is 10.1. The molecule has 0 aliphatic heterocycles. The molecule has 4 rings (SSSR count). The van der Waals surface area contributed by atoms with Gasteiger partial charge in [-0.15, -0.1) is 0 Å². The quantitative estimate of drug-likeness (QED) is 0.535. The Kier molecular flexibility index (Phi) is 5.36. The first-order valence-electron chi connectivity index (χ1n) is 10.00. The Morgan fingerprint density at radius 3 is 2.76 bits per heavy atom. The standard InChI is InChI=1S/C21H26ClN5O2/c1-4-14-7-13-8-16(29-18(13)11(3)24-14)17-19(22)26-21(23)27-20(17)25-15-6-12(9-28)5-10(15)2/h7-8,10,12,15,28H,4-6,9H2,1-3H3,(H3,23,25,26,27)/t10-,12-,15-/m1/s1. The molecule has 7 nitrogen and oxygen atoms in total. The Morgan fingerprint density at radius 2 is 2.07 bits per heavy atom. The first-order chi connectivity index (χ1) is 13.9. The zero-order valence-electron chi connectivity index (χ0n) is 16.9. The van der Waals surface area contributed by atoms with Crippen molar-refractivity contribution in [1.29, 1.82) is 0 Å². The van der Waals surface area contributed by atoms with Crippen molar-refractivity contribution in [1.82, 2.24) is 15.0 Å². The van der Waals surface area contributed by atoms with Crippen molar-refractivity contribution in [2.45, 2.75) is 46.1 Å². The Bertz CT molecular complexity index is 1050. The molecule has 0 saturated heterocycles. The number of aliphatic hydroxyl groups is 1. The van der Waals surface area contributed by atoms with Crippen LogP contribution in [0.1, 0.15) is 38.1 Å². The van der Waals surface area contributed by atoms with Gasteiger partial charge in [-0.05, 0) is 50.2 Å². The third-order valence-electron chi connectivity index (χ3n) is 5.77. The number of nitrogens with two attached hydrogens (primary N) is 1. The van der Waals surface area contributed by atoms with Crippen LogP contribution in [-0.2, 0) is 6.42 Å². The summed E-state index contributed by atoms with van der Waals surface area (Å²) >= 11 is 6.49. The van der Waals surface area contributed by atoms with E-state index in [-0.39, 0.29) is 29.7 Å². The Hall–Kier alpha value is -2.38. The first kappa shape index (κ1) is 19.9. The Balaban J connectivity index is 1.78. The number of furan rings is 1. The first-order valence-corrected chi connectivity index (χ1v) is 10.4. The molecular formula is C21H26ClN5O2. The second-order valence-electron chi connectivity index (χ2n) is 7.93. The molecular weight excluding hydrogens is 390 g/mol. The highest BCUT2D eigenvalue weighted by molar-refractivity contribution is 6.32. The summed E-state index contributed by atoms with van der Waals surface area (Å²) in [4.78, 5) is 13.1. The number of nitrogens with one attached hydrogen (secondary N) is 1. The fourth-order valence-corrected chi connectivity index (χ4v) is 4.52. The zero-order chi connectivity index (χ0) is 20.7. The van der Waals surface area contributed by atoms with Gasteiger partial charge in [-0.25, -0.2) is 4.98 Å². The summed E-state index contributed by atoms with van der Waals surface area (Å²) in [5, 5.41) is 14.2. The highest BCUT2D eigenvalue weighted by Gasteiger charge is 2.32. The van der Waals surface area contributed by atoms with Gasteiger partial charge in [0.25, 0.3) is 0 Å². The topological polar surface area (TPSA) is 110 Å². The van der Waals surface area contributed by atoms with E-state index in [0.29, 0.717) is 23.1 Å². The van der Waals surface area contributed by atoms with Crippen molar-refractivity contribution in [3.8, 4) is 11.3 Å². The SMILES string of the molecule is CCc1cc2cc(-c3c(Cl)nc(N)nc3N[C@@H]3C[C@H](CO)C[C@H]3C)oc2c(C)n1. The smallest absolute Gasteiger partial charge is 0.223 e. The normalized spacial score (nSPS) is 21.8. The van der Waals surface area contributed by atoms with E-state index < -0.39 is 0 Å². The van der Waals surface area contributed by atoms with Crippen LogP contribution in [0, 0.1) is 18.8 Å². The van der Waals surface area contributed by atoms with E-state index in [0.717, 1.165) is 41.6 Å². The van der Waals surface area contributed by atoms with E-state index in [1.54, 1.807) is 0 Å². The van der Waals surface area contributed by atoms with Gasteiger partial charge in [0.05, 0.1) is 11.3 Å². The van der Waals surface area contributed by atoms with Crippen LogP contribution >= 0.6 is 11.6 Å². The molecule has 8 heteroatoms. The number of rotatable bonds is 5. The molecule has 0 aromatic carbocycles. The average molecular weight is 416 g/mol. The average Bonchev–Trinajstić information content (AvgIpc) is 3.25.